The van der Waals surface area contributed by atoms with Gasteiger partial charge in [0.05, 0.1) is 6.10 Å². The molecule has 88 valence electrons. The zero-order valence-corrected chi connectivity index (χ0v) is 9.71. The van der Waals surface area contributed by atoms with Crippen molar-refractivity contribution in [1.29, 1.82) is 0 Å². The predicted molar refractivity (Wildman–Crippen MR) is 60.0 cm³/mol. The highest BCUT2D eigenvalue weighted by molar-refractivity contribution is 4.85. The van der Waals surface area contributed by atoms with Crippen LogP contribution < -0.4 is 5.32 Å². The van der Waals surface area contributed by atoms with Gasteiger partial charge in [-0.05, 0) is 45.1 Å². The van der Waals surface area contributed by atoms with Gasteiger partial charge in [-0.3, -0.25) is 0 Å². The zero-order valence-electron chi connectivity index (χ0n) is 9.71. The fourth-order valence-corrected chi connectivity index (χ4v) is 2.85. The maximum Gasteiger partial charge on any atom is 0.0730 e. The van der Waals surface area contributed by atoms with Gasteiger partial charge in [0.15, 0.2) is 0 Å². The predicted octanol–water partition coefficient (Wildman–Crippen LogP) is 1.57. The van der Waals surface area contributed by atoms with Crippen LogP contribution in [0.1, 0.15) is 32.1 Å². The molecule has 2 unspecified atom stereocenters. The van der Waals surface area contributed by atoms with Gasteiger partial charge in [0.1, 0.15) is 0 Å². The van der Waals surface area contributed by atoms with E-state index in [2.05, 4.69) is 12.4 Å². The van der Waals surface area contributed by atoms with Gasteiger partial charge in [-0.1, -0.05) is 0 Å². The number of likely N-dealkylation sites (N-methyl/N-ethyl adjacent to an activating group) is 1. The summed E-state index contributed by atoms with van der Waals surface area (Å²) in [6, 6.07) is 0.536. The minimum absolute atomic E-state index is 0.437. The summed E-state index contributed by atoms with van der Waals surface area (Å²) in [5, 5.41) is 3.46. The summed E-state index contributed by atoms with van der Waals surface area (Å²) in [6.07, 6.45) is 6.60. The van der Waals surface area contributed by atoms with Gasteiger partial charge < -0.3 is 14.8 Å². The van der Waals surface area contributed by atoms with Crippen molar-refractivity contribution in [2.45, 2.75) is 44.2 Å². The highest BCUT2D eigenvalue weighted by Crippen LogP contribution is 2.26. The Kier molecular flexibility index (Phi) is 4.42. The van der Waals surface area contributed by atoms with Crippen molar-refractivity contribution in [3.05, 3.63) is 0 Å². The second-order valence-corrected chi connectivity index (χ2v) is 4.67. The topological polar surface area (TPSA) is 30.5 Å². The average Bonchev–Trinajstić information content (AvgIpc) is 2.33. The van der Waals surface area contributed by atoms with Crippen LogP contribution in [0.4, 0.5) is 0 Å². The van der Waals surface area contributed by atoms with Crippen LogP contribution in [0.2, 0.25) is 0 Å². The lowest BCUT2D eigenvalue weighted by Crippen LogP contribution is -2.47. The Labute approximate surface area is 92.5 Å². The van der Waals surface area contributed by atoms with Crippen LogP contribution in [0, 0.1) is 5.92 Å². The Balaban J connectivity index is 1.88. The number of nitrogens with one attached hydrogen (secondary N) is 1. The number of hydrogen-bond acceptors (Lipinski definition) is 3. The molecule has 2 fully saturated rings. The molecule has 0 aliphatic carbocycles. The van der Waals surface area contributed by atoms with E-state index in [0.717, 1.165) is 25.7 Å². The van der Waals surface area contributed by atoms with Gasteiger partial charge in [-0.25, -0.2) is 0 Å². The second kappa shape index (κ2) is 5.83. The van der Waals surface area contributed by atoms with Crippen molar-refractivity contribution in [3.63, 3.8) is 0 Å². The van der Waals surface area contributed by atoms with Crippen molar-refractivity contribution < 1.29 is 9.47 Å². The Morgan fingerprint density at radius 2 is 1.87 bits per heavy atom. The van der Waals surface area contributed by atoms with E-state index in [4.69, 9.17) is 9.47 Å². The number of ether oxygens (including phenoxy) is 2. The van der Waals surface area contributed by atoms with Gasteiger partial charge in [0.2, 0.25) is 0 Å². The van der Waals surface area contributed by atoms with Gasteiger partial charge in [-0.15, -0.1) is 0 Å². The molecule has 3 heteroatoms. The maximum absolute atomic E-state index is 5.88. The first-order valence-corrected chi connectivity index (χ1v) is 6.28. The summed E-state index contributed by atoms with van der Waals surface area (Å²) in [7, 11) is 2.07. The van der Waals surface area contributed by atoms with Gasteiger partial charge in [0, 0.05) is 25.9 Å². The SMILES string of the molecule is CNC(C1CCOCC1)C1CCCCO1. The van der Waals surface area contributed by atoms with E-state index in [1.807, 2.05) is 0 Å². The molecule has 0 saturated carbocycles. The monoisotopic (exact) mass is 213 g/mol. The molecular formula is C12H23NO2. The molecule has 0 amide bonds. The van der Waals surface area contributed by atoms with Gasteiger partial charge in [-0.2, -0.15) is 0 Å². The first kappa shape index (κ1) is 11.4. The van der Waals surface area contributed by atoms with E-state index in [9.17, 15) is 0 Å². The van der Waals surface area contributed by atoms with E-state index < -0.39 is 0 Å². The van der Waals surface area contributed by atoms with E-state index in [-0.39, 0.29) is 0 Å². The molecule has 2 heterocycles. The van der Waals surface area contributed by atoms with Crippen molar-refractivity contribution >= 4 is 0 Å². The lowest BCUT2D eigenvalue weighted by Gasteiger charge is -2.37. The van der Waals surface area contributed by atoms with Crippen LogP contribution in [0.15, 0.2) is 0 Å². The molecule has 2 aliphatic heterocycles. The Hall–Kier alpha value is -0.120. The van der Waals surface area contributed by atoms with E-state index >= 15 is 0 Å². The quantitative estimate of drug-likeness (QED) is 0.772. The summed E-state index contributed by atoms with van der Waals surface area (Å²) in [5.74, 6) is 0.742. The molecule has 0 spiro atoms. The largest absolute Gasteiger partial charge is 0.381 e. The molecule has 0 aromatic rings. The summed E-state index contributed by atoms with van der Waals surface area (Å²) in [4.78, 5) is 0. The van der Waals surface area contributed by atoms with Crippen LogP contribution in [0.25, 0.3) is 0 Å². The minimum Gasteiger partial charge on any atom is -0.381 e. The molecule has 15 heavy (non-hydrogen) atoms. The molecule has 3 nitrogen and oxygen atoms in total. The fourth-order valence-electron chi connectivity index (χ4n) is 2.85. The third-order valence-electron chi connectivity index (χ3n) is 3.72. The Morgan fingerprint density at radius 3 is 2.47 bits per heavy atom. The molecule has 0 radical (unpaired) electrons. The van der Waals surface area contributed by atoms with E-state index in [0.29, 0.717) is 12.1 Å². The Morgan fingerprint density at radius 1 is 1.07 bits per heavy atom. The van der Waals surface area contributed by atoms with E-state index in [1.165, 1.54) is 32.1 Å². The average molecular weight is 213 g/mol. The molecule has 0 aromatic heterocycles. The third-order valence-corrected chi connectivity index (χ3v) is 3.72. The van der Waals surface area contributed by atoms with E-state index in [1.54, 1.807) is 0 Å². The summed E-state index contributed by atoms with van der Waals surface area (Å²) >= 11 is 0. The highest BCUT2D eigenvalue weighted by Gasteiger charge is 2.31. The van der Waals surface area contributed by atoms with Crippen molar-refractivity contribution in [2.75, 3.05) is 26.9 Å². The van der Waals surface area contributed by atoms with Crippen molar-refractivity contribution in [1.82, 2.24) is 5.32 Å². The first-order valence-electron chi connectivity index (χ1n) is 6.28. The fraction of sp³-hybridized carbons (Fsp3) is 1.00. The highest BCUT2D eigenvalue weighted by atomic mass is 16.5. The Bertz CT molecular complexity index is 156. The molecule has 2 rings (SSSR count). The molecule has 2 atom stereocenters. The first-order chi connectivity index (χ1) is 7.42. The zero-order chi connectivity index (χ0) is 10.5. The molecule has 1 N–H and O–H groups in total. The maximum atomic E-state index is 5.88. The van der Waals surface area contributed by atoms with Crippen LogP contribution >= 0.6 is 0 Å². The van der Waals surface area contributed by atoms with Crippen LogP contribution in [-0.2, 0) is 9.47 Å². The van der Waals surface area contributed by atoms with Crippen LogP contribution in [0.3, 0.4) is 0 Å². The number of rotatable bonds is 3. The minimum atomic E-state index is 0.437. The molecule has 0 aromatic carbocycles. The smallest absolute Gasteiger partial charge is 0.0730 e. The van der Waals surface area contributed by atoms with Gasteiger partial charge in [0.25, 0.3) is 0 Å². The second-order valence-electron chi connectivity index (χ2n) is 4.67. The third kappa shape index (κ3) is 2.92. The van der Waals surface area contributed by atoms with Crippen molar-refractivity contribution in [3.8, 4) is 0 Å². The lowest BCUT2D eigenvalue weighted by atomic mass is 9.86. The summed E-state index contributed by atoms with van der Waals surface area (Å²) in [6.45, 7) is 2.80. The van der Waals surface area contributed by atoms with Crippen molar-refractivity contribution in [2.24, 2.45) is 5.92 Å². The molecule has 2 aliphatic rings. The normalized spacial score (nSPS) is 31.4. The number of hydrogen-bond donors (Lipinski definition) is 1. The summed E-state index contributed by atoms with van der Waals surface area (Å²) < 4.78 is 11.3. The molecular weight excluding hydrogens is 190 g/mol. The standard InChI is InChI=1S/C12H23NO2/c1-13-12(10-5-8-14-9-6-10)11-4-2-3-7-15-11/h10-13H,2-9H2,1H3. The van der Waals surface area contributed by atoms with Gasteiger partial charge >= 0.3 is 0 Å². The van der Waals surface area contributed by atoms with Crippen LogP contribution in [0.5, 0.6) is 0 Å². The summed E-state index contributed by atoms with van der Waals surface area (Å²) in [5.41, 5.74) is 0. The molecule has 0 bridgehead atoms. The molecule has 2 saturated heterocycles. The lowest BCUT2D eigenvalue weighted by molar-refractivity contribution is -0.0371. The van der Waals surface area contributed by atoms with Crippen LogP contribution in [-0.4, -0.2) is 39.0 Å².